The first-order valence-corrected chi connectivity index (χ1v) is 9.15. The van der Waals surface area contributed by atoms with E-state index in [0.717, 1.165) is 18.5 Å². The molecule has 3 rings (SSSR count). The molecular formula is C21H23F2NO4. The Kier molecular flexibility index (Phi) is 6.95. The molecule has 1 saturated heterocycles. The largest absolute Gasteiger partial charge is 0.489 e. The van der Waals surface area contributed by atoms with Gasteiger partial charge in [-0.25, -0.2) is 8.78 Å². The van der Waals surface area contributed by atoms with Gasteiger partial charge in [-0.05, 0) is 48.4 Å². The number of nitrogens with zero attached hydrogens (tertiary/aromatic N) is 1. The van der Waals surface area contributed by atoms with Crippen molar-refractivity contribution in [3.05, 3.63) is 59.7 Å². The van der Waals surface area contributed by atoms with Crippen LogP contribution in [0.3, 0.4) is 0 Å². The van der Waals surface area contributed by atoms with Crippen molar-refractivity contribution < 1.29 is 28.2 Å². The van der Waals surface area contributed by atoms with E-state index in [1.807, 2.05) is 4.90 Å². The molecule has 2 aromatic carbocycles. The number of carbonyl (C=O) groups is 1. The van der Waals surface area contributed by atoms with Gasteiger partial charge in [-0.2, -0.15) is 0 Å². The number of Topliss-reactive ketones (excluding diaryl/α,β-unsaturated/α-hetero) is 1. The summed E-state index contributed by atoms with van der Waals surface area (Å²) < 4.78 is 36.5. The van der Waals surface area contributed by atoms with E-state index in [1.54, 1.807) is 36.4 Å². The Morgan fingerprint density at radius 2 is 1.79 bits per heavy atom. The lowest BCUT2D eigenvalue weighted by Crippen LogP contribution is -2.32. The fourth-order valence-electron chi connectivity index (χ4n) is 3.07. The molecule has 0 radical (unpaired) electrons. The second-order valence-corrected chi connectivity index (χ2v) is 6.76. The summed E-state index contributed by atoms with van der Waals surface area (Å²) in [7, 11) is 0. The summed E-state index contributed by atoms with van der Waals surface area (Å²) in [6.45, 7) is 1.56. The topological polar surface area (TPSA) is 59.0 Å². The van der Waals surface area contributed by atoms with Crippen LogP contribution in [0.2, 0.25) is 0 Å². The first-order valence-electron chi connectivity index (χ1n) is 9.15. The summed E-state index contributed by atoms with van der Waals surface area (Å²) in [4.78, 5) is 14.1. The molecule has 0 aliphatic carbocycles. The third-order valence-corrected chi connectivity index (χ3v) is 4.57. The van der Waals surface area contributed by atoms with Crippen molar-refractivity contribution >= 4 is 5.78 Å². The van der Waals surface area contributed by atoms with Crippen molar-refractivity contribution in [1.82, 2.24) is 4.90 Å². The van der Waals surface area contributed by atoms with Crippen LogP contribution in [0.25, 0.3) is 0 Å². The number of aliphatic hydroxyl groups excluding tert-OH is 1. The van der Waals surface area contributed by atoms with Gasteiger partial charge in [-0.15, -0.1) is 0 Å². The number of benzene rings is 2. The van der Waals surface area contributed by atoms with E-state index in [1.165, 1.54) is 12.1 Å². The van der Waals surface area contributed by atoms with Crippen LogP contribution in [-0.2, 0) is 11.4 Å². The van der Waals surface area contributed by atoms with Gasteiger partial charge in [-0.3, -0.25) is 9.69 Å². The SMILES string of the molecule is O=C(COc1ccc(CO)cc1)CN1CCC(Oc2ccc(C(F)F)cc2)C1. The quantitative estimate of drug-likeness (QED) is 0.711. The Morgan fingerprint density at radius 1 is 1.11 bits per heavy atom. The van der Waals surface area contributed by atoms with Gasteiger partial charge in [0.2, 0.25) is 0 Å². The summed E-state index contributed by atoms with van der Waals surface area (Å²) >= 11 is 0. The van der Waals surface area contributed by atoms with Crippen molar-refractivity contribution in [2.45, 2.75) is 25.6 Å². The molecule has 28 heavy (non-hydrogen) atoms. The zero-order valence-corrected chi connectivity index (χ0v) is 15.4. The normalized spacial score (nSPS) is 17.1. The van der Waals surface area contributed by atoms with Gasteiger partial charge in [0.1, 0.15) is 24.2 Å². The van der Waals surface area contributed by atoms with E-state index in [4.69, 9.17) is 14.6 Å². The van der Waals surface area contributed by atoms with Crippen LogP contribution < -0.4 is 9.47 Å². The molecule has 2 aromatic rings. The fraction of sp³-hybridized carbons (Fsp3) is 0.381. The molecule has 1 fully saturated rings. The number of aliphatic hydroxyl groups is 1. The molecule has 150 valence electrons. The van der Waals surface area contributed by atoms with E-state index < -0.39 is 6.43 Å². The predicted molar refractivity (Wildman–Crippen MR) is 99.7 cm³/mol. The molecule has 1 atom stereocenters. The van der Waals surface area contributed by atoms with Gasteiger partial charge in [-0.1, -0.05) is 12.1 Å². The minimum atomic E-state index is -2.49. The molecule has 1 aliphatic heterocycles. The van der Waals surface area contributed by atoms with E-state index in [0.29, 0.717) is 18.0 Å². The molecule has 1 heterocycles. The predicted octanol–water partition coefficient (Wildman–Crippen LogP) is 3.22. The molecule has 0 amide bonds. The Balaban J connectivity index is 1.40. The lowest BCUT2D eigenvalue weighted by Gasteiger charge is -2.16. The number of rotatable bonds is 9. The van der Waals surface area contributed by atoms with E-state index in [-0.39, 0.29) is 37.2 Å². The van der Waals surface area contributed by atoms with Crippen LogP contribution >= 0.6 is 0 Å². The lowest BCUT2D eigenvalue weighted by atomic mass is 10.2. The molecule has 0 spiro atoms. The molecule has 7 heteroatoms. The number of ketones is 1. The van der Waals surface area contributed by atoms with Gasteiger partial charge in [0.25, 0.3) is 6.43 Å². The second kappa shape index (κ2) is 9.61. The zero-order chi connectivity index (χ0) is 19.9. The maximum atomic E-state index is 12.6. The van der Waals surface area contributed by atoms with E-state index >= 15 is 0 Å². The molecule has 0 bridgehead atoms. The highest BCUT2D eigenvalue weighted by atomic mass is 19.3. The maximum Gasteiger partial charge on any atom is 0.263 e. The Hall–Kier alpha value is -2.51. The van der Waals surface area contributed by atoms with Crippen molar-refractivity contribution in [1.29, 1.82) is 0 Å². The third-order valence-electron chi connectivity index (χ3n) is 4.57. The van der Waals surface area contributed by atoms with E-state index in [2.05, 4.69) is 0 Å². The molecule has 1 unspecified atom stereocenters. The Morgan fingerprint density at radius 3 is 2.43 bits per heavy atom. The average Bonchev–Trinajstić information content (AvgIpc) is 3.13. The standard InChI is InChI=1S/C21H23F2NO4/c22-21(23)16-3-7-19(8-4-16)28-20-9-10-24(12-20)11-17(26)14-27-18-5-1-15(13-25)2-6-18/h1-8,20-21,25H,9-14H2. The second-order valence-electron chi connectivity index (χ2n) is 6.76. The highest BCUT2D eigenvalue weighted by Gasteiger charge is 2.25. The average molecular weight is 391 g/mol. The highest BCUT2D eigenvalue weighted by molar-refractivity contribution is 5.82. The summed E-state index contributed by atoms with van der Waals surface area (Å²) in [5.74, 6) is 1.10. The molecule has 1 N–H and O–H groups in total. The number of alkyl halides is 2. The van der Waals surface area contributed by atoms with Crippen LogP contribution in [0, 0.1) is 0 Å². The van der Waals surface area contributed by atoms with Crippen LogP contribution in [-0.4, -0.2) is 48.1 Å². The van der Waals surface area contributed by atoms with Crippen molar-refractivity contribution in [3.8, 4) is 11.5 Å². The minimum Gasteiger partial charge on any atom is -0.489 e. The number of halogens is 2. The first kappa shape index (κ1) is 20.2. The molecule has 5 nitrogen and oxygen atoms in total. The summed E-state index contributed by atoms with van der Waals surface area (Å²) in [6, 6.07) is 12.7. The summed E-state index contributed by atoms with van der Waals surface area (Å²) in [5, 5.41) is 9.01. The summed E-state index contributed by atoms with van der Waals surface area (Å²) in [6.07, 6.45) is -1.79. The Bertz CT molecular complexity index is 765. The first-order chi connectivity index (χ1) is 13.5. The van der Waals surface area contributed by atoms with Crippen LogP contribution in [0.1, 0.15) is 24.0 Å². The van der Waals surface area contributed by atoms with Crippen LogP contribution in [0.5, 0.6) is 11.5 Å². The van der Waals surface area contributed by atoms with Crippen LogP contribution in [0.4, 0.5) is 8.78 Å². The minimum absolute atomic E-state index is 0.0183. The number of likely N-dealkylation sites (tertiary alicyclic amines) is 1. The number of hydrogen-bond donors (Lipinski definition) is 1. The van der Waals surface area contributed by atoms with Crippen molar-refractivity contribution in [2.75, 3.05) is 26.2 Å². The van der Waals surface area contributed by atoms with Gasteiger partial charge < -0.3 is 14.6 Å². The molecule has 0 saturated carbocycles. The lowest BCUT2D eigenvalue weighted by molar-refractivity contribution is -0.122. The molecule has 0 aromatic heterocycles. The Labute approximate surface area is 162 Å². The van der Waals surface area contributed by atoms with Gasteiger partial charge in [0.15, 0.2) is 5.78 Å². The number of hydrogen-bond acceptors (Lipinski definition) is 5. The maximum absolute atomic E-state index is 12.6. The van der Waals surface area contributed by atoms with Gasteiger partial charge in [0.05, 0.1) is 13.2 Å². The van der Waals surface area contributed by atoms with Gasteiger partial charge in [0, 0.05) is 18.7 Å². The number of carbonyl (C=O) groups excluding carboxylic acids is 1. The number of ether oxygens (including phenoxy) is 2. The zero-order valence-electron chi connectivity index (χ0n) is 15.4. The van der Waals surface area contributed by atoms with Crippen molar-refractivity contribution in [2.24, 2.45) is 0 Å². The summed E-state index contributed by atoms with van der Waals surface area (Å²) in [5.41, 5.74) is 0.752. The highest BCUT2D eigenvalue weighted by Crippen LogP contribution is 2.23. The van der Waals surface area contributed by atoms with Crippen LogP contribution in [0.15, 0.2) is 48.5 Å². The van der Waals surface area contributed by atoms with Gasteiger partial charge >= 0.3 is 0 Å². The van der Waals surface area contributed by atoms with E-state index in [9.17, 15) is 13.6 Å². The molecular weight excluding hydrogens is 368 g/mol. The molecule has 1 aliphatic rings. The van der Waals surface area contributed by atoms with Crippen molar-refractivity contribution in [3.63, 3.8) is 0 Å². The smallest absolute Gasteiger partial charge is 0.263 e. The fourth-order valence-corrected chi connectivity index (χ4v) is 3.07. The monoisotopic (exact) mass is 391 g/mol. The third kappa shape index (κ3) is 5.74.